The van der Waals surface area contributed by atoms with Crippen molar-refractivity contribution in [3.05, 3.63) is 75.5 Å². The number of benzene rings is 2. The first kappa shape index (κ1) is 17.4. The average Bonchev–Trinajstić information content (AvgIpc) is 3.08. The number of nitro groups is 1. The normalized spacial score (nSPS) is 15.2. The Hall–Kier alpha value is -3.68. The van der Waals surface area contributed by atoms with Crippen LogP contribution in [0.4, 0.5) is 11.4 Å². The summed E-state index contributed by atoms with van der Waals surface area (Å²) in [6.07, 6.45) is 4.86. The Kier molecular flexibility index (Phi) is 4.04. The molecular weight excluding hydrogens is 370 g/mol. The van der Waals surface area contributed by atoms with Gasteiger partial charge in [0.05, 0.1) is 21.3 Å². The van der Waals surface area contributed by atoms with E-state index in [4.69, 9.17) is 0 Å². The van der Waals surface area contributed by atoms with Crippen molar-refractivity contribution in [2.75, 3.05) is 18.0 Å². The molecule has 1 aliphatic rings. The number of fused-ring (bicyclic) bond motifs is 2. The molecule has 1 N–H and O–H groups in total. The molecule has 5 rings (SSSR count). The zero-order valence-electron chi connectivity index (χ0n) is 15.6. The second-order valence-electron chi connectivity index (χ2n) is 7.32. The summed E-state index contributed by atoms with van der Waals surface area (Å²) in [4.78, 5) is 32.7. The Morgan fingerprint density at radius 3 is 2.66 bits per heavy atom. The second-order valence-corrected chi connectivity index (χ2v) is 7.32. The van der Waals surface area contributed by atoms with Crippen molar-refractivity contribution < 1.29 is 4.92 Å². The maximum atomic E-state index is 12.5. The number of pyridine rings is 1. The van der Waals surface area contributed by atoms with Crippen molar-refractivity contribution in [1.29, 1.82) is 0 Å². The fourth-order valence-corrected chi connectivity index (χ4v) is 4.40. The van der Waals surface area contributed by atoms with Crippen LogP contribution in [-0.2, 0) is 0 Å². The number of non-ortho nitro benzene ring substituents is 1. The summed E-state index contributed by atoms with van der Waals surface area (Å²) in [5, 5.41) is 12.7. The summed E-state index contributed by atoms with van der Waals surface area (Å²) in [6.45, 7) is 1.54. The van der Waals surface area contributed by atoms with E-state index in [1.54, 1.807) is 18.5 Å². The first-order valence-electron chi connectivity index (χ1n) is 9.59. The zero-order chi connectivity index (χ0) is 20.0. The highest BCUT2D eigenvalue weighted by Gasteiger charge is 2.25. The van der Waals surface area contributed by atoms with Crippen LogP contribution in [0.1, 0.15) is 18.9 Å². The van der Waals surface area contributed by atoms with Crippen molar-refractivity contribution in [3.63, 3.8) is 0 Å². The minimum Gasteiger partial charge on any atom is -0.371 e. The smallest absolute Gasteiger partial charge is 0.326 e. The lowest BCUT2D eigenvalue weighted by Gasteiger charge is -2.34. The van der Waals surface area contributed by atoms with Crippen LogP contribution in [0.5, 0.6) is 0 Å². The number of nitro benzene ring substituents is 1. The van der Waals surface area contributed by atoms with Crippen molar-refractivity contribution >= 4 is 33.2 Å². The number of nitrogens with zero attached hydrogens (tertiary/aromatic N) is 4. The van der Waals surface area contributed by atoms with Gasteiger partial charge in [0.2, 0.25) is 0 Å². The van der Waals surface area contributed by atoms with E-state index in [0.717, 1.165) is 48.0 Å². The van der Waals surface area contributed by atoms with Crippen molar-refractivity contribution in [2.24, 2.45) is 0 Å². The molecule has 8 nitrogen and oxygen atoms in total. The summed E-state index contributed by atoms with van der Waals surface area (Å²) >= 11 is 0. The van der Waals surface area contributed by atoms with Gasteiger partial charge < -0.3 is 9.88 Å². The van der Waals surface area contributed by atoms with Crippen molar-refractivity contribution in [1.82, 2.24) is 14.5 Å². The average molecular weight is 389 g/mol. The van der Waals surface area contributed by atoms with E-state index in [0.29, 0.717) is 5.39 Å². The Morgan fingerprint density at radius 2 is 1.86 bits per heavy atom. The number of aromatic amines is 1. The number of imidazole rings is 1. The predicted molar refractivity (Wildman–Crippen MR) is 111 cm³/mol. The molecule has 1 saturated heterocycles. The molecule has 0 radical (unpaired) electrons. The molecule has 146 valence electrons. The van der Waals surface area contributed by atoms with Gasteiger partial charge in [-0.05, 0) is 37.1 Å². The third-order valence-corrected chi connectivity index (χ3v) is 5.76. The van der Waals surface area contributed by atoms with Gasteiger partial charge in [0, 0.05) is 48.7 Å². The Labute approximate surface area is 165 Å². The topological polar surface area (TPSA) is 97.1 Å². The highest BCUT2D eigenvalue weighted by Crippen LogP contribution is 2.35. The second kappa shape index (κ2) is 6.73. The van der Waals surface area contributed by atoms with Gasteiger partial charge in [0.1, 0.15) is 0 Å². The van der Waals surface area contributed by atoms with E-state index in [-0.39, 0.29) is 22.3 Å². The number of piperidine rings is 1. The molecule has 0 unspecified atom stereocenters. The number of anilines is 1. The highest BCUT2D eigenvalue weighted by atomic mass is 16.6. The number of aromatic nitrogens is 3. The molecule has 29 heavy (non-hydrogen) atoms. The van der Waals surface area contributed by atoms with E-state index in [1.807, 2.05) is 41.0 Å². The van der Waals surface area contributed by atoms with Crippen molar-refractivity contribution in [2.45, 2.75) is 18.9 Å². The van der Waals surface area contributed by atoms with E-state index in [2.05, 4.69) is 14.9 Å². The third-order valence-electron chi connectivity index (χ3n) is 5.76. The minimum absolute atomic E-state index is 0.0667. The largest absolute Gasteiger partial charge is 0.371 e. The van der Waals surface area contributed by atoms with Crippen LogP contribution < -0.4 is 10.6 Å². The SMILES string of the molecule is O=c1[nH]c2ccccc2n1C1CCN(c2ccc([N+](=O)[O-])c3cnccc23)CC1. The molecule has 3 heterocycles. The monoisotopic (exact) mass is 389 g/mol. The van der Waals surface area contributed by atoms with Gasteiger partial charge in [-0.15, -0.1) is 0 Å². The van der Waals surface area contributed by atoms with Crippen LogP contribution in [0.15, 0.2) is 59.7 Å². The Bertz CT molecular complexity index is 1280. The van der Waals surface area contributed by atoms with Gasteiger partial charge in [-0.25, -0.2) is 4.79 Å². The molecule has 0 atom stereocenters. The molecule has 0 bridgehead atoms. The number of hydrogen-bond donors (Lipinski definition) is 1. The summed E-state index contributed by atoms with van der Waals surface area (Å²) < 4.78 is 1.87. The molecule has 2 aromatic heterocycles. The summed E-state index contributed by atoms with van der Waals surface area (Å²) in [5.74, 6) is 0. The predicted octanol–water partition coefficient (Wildman–Crippen LogP) is 3.63. The quantitative estimate of drug-likeness (QED) is 0.426. The van der Waals surface area contributed by atoms with Crippen LogP contribution >= 0.6 is 0 Å². The Balaban J connectivity index is 1.45. The fraction of sp³-hybridized carbons (Fsp3) is 0.238. The molecule has 0 amide bonds. The van der Waals surface area contributed by atoms with Gasteiger partial charge in [0.25, 0.3) is 5.69 Å². The van der Waals surface area contributed by atoms with E-state index in [1.165, 1.54) is 0 Å². The van der Waals surface area contributed by atoms with Crippen LogP contribution in [-0.4, -0.2) is 32.5 Å². The van der Waals surface area contributed by atoms with Crippen LogP contribution in [0.2, 0.25) is 0 Å². The van der Waals surface area contributed by atoms with Gasteiger partial charge in [-0.2, -0.15) is 0 Å². The maximum Gasteiger partial charge on any atom is 0.326 e. The Morgan fingerprint density at radius 1 is 1.07 bits per heavy atom. The van der Waals surface area contributed by atoms with Crippen molar-refractivity contribution in [3.8, 4) is 0 Å². The van der Waals surface area contributed by atoms with E-state index >= 15 is 0 Å². The molecule has 4 aromatic rings. The van der Waals surface area contributed by atoms with Gasteiger partial charge in [-0.3, -0.25) is 19.7 Å². The lowest BCUT2D eigenvalue weighted by molar-refractivity contribution is -0.383. The molecular formula is C21H19N5O3. The van der Waals surface area contributed by atoms with Crippen LogP contribution in [0.25, 0.3) is 21.8 Å². The van der Waals surface area contributed by atoms with E-state index in [9.17, 15) is 14.9 Å². The number of hydrogen-bond acceptors (Lipinski definition) is 5. The highest BCUT2D eigenvalue weighted by molar-refractivity contribution is 5.99. The van der Waals surface area contributed by atoms with Crippen LogP contribution in [0.3, 0.4) is 0 Å². The number of H-pyrrole nitrogens is 1. The summed E-state index contributed by atoms with van der Waals surface area (Å²) in [5.41, 5.74) is 2.75. The lowest BCUT2D eigenvalue weighted by atomic mass is 10.0. The molecule has 1 aliphatic heterocycles. The summed E-state index contributed by atoms with van der Waals surface area (Å²) in [6, 6.07) is 13.1. The molecule has 0 saturated carbocycles. The molecule has 0 spiro atoms. The molecule has 2 aromatic carbocycles. The molecule has 8 heteroatoms. The molecule has 1 fully saturated rings. The number of nitrogens with one attached hydrogen (secondary N) is 1. The zero-order valence-corrected chi connectivity index (χ0v) is 15.6. The van der Waals surface area contributed by atoms with Gasteiger partial charge in [-0.1, -0.05) is 12.1 Å². The first-order chi connectivity index (χ1) is 14.1. The third kappa shape index (κ3) is 2.84. The fourth-order valence-electron chi connectivity index (χ4n) is 4.40. The van der Waals surface area contributed by atoms with Gasteiger partial charge >= 0.3 is 5.69 Å². The number of para-hydroxylation sites is 2. The first-order valence-corrected chi connectivity index (χ1v) is 9.59. The lowest BCUT2D eigenvalue weighted by Crippen LogP contribution is -2.37. The number of rotatable bonds is 3. The standard InChI is InChI=1S/C21H19N5O3/c27-21-23-17-3-1-2-4-20(17)25(21)14-8-11-24(12-9-14)18-5-6-19(26(28)29)16-13-22-10-7-15(16)18/h1-7,10,13-14H,8-9,11-12H2,(H,23,27). The maximum absolute atomic E-state index is 12.5. The van der Waals surface area contributed by atoms with E-state index < -0.39 is 0 Å². The minimum atomic E-state index is -0.372. The summed E-state index contributed by atoms with van der Waals surface area (Å²) in [7, 11) is 0. The molecule has 0 aliphatic carbocycles. The van der Waals surface area contributed by atoms with Gasteiger partial charge in [0.15, 0.2) is 0 Å². The van der Waals surface area contributed by atoms with Crippen LogP contribution in [0, 0.1) is 10.1 Å².